The van der Waals surface area contributed by atoms with Crippen LogP contribution in [0.5, 0.6) is 0 Å². The van der Waals surface area contributed by atoms with E-state index >= 15 is 0 Å². The van der Waals surface area contributed by atoms with Crippen LogP contribution in [0.3, 0.4) is 0 Å². The van der Waals surface area contributed by atoms with E-state index in [9.17, 15) is 14.9 Å². The van der Waals surface area contributed by atoms with Crippen LogP contribution in [-0.2, 0) is 18.3 Å². The number of hydrogen-bond acceptors (Lipinski definition) is 5. The Bertz CT molecular complexity index is 504. The van der Waals surface area contributed by atoms with Gasteiger partial charge < -0.3 is 10.0 Å². The number of hydrogen-bond donors (Lipinski definition) is 1. The number of aryl methyl sites for hydroxylation is 2. The lowest BCUT2D eigenvalue weighted by Crippen LogP contribution is -2.51. The first-order chi connectivity index (χ1) is 8.45. The van der Waals surface area contributed by atoms with Gasteiger partial charge in [-0.1, -0.05) is 6.92 Å². The molecule has 1 aliphatic rings. The van der Waals surface area contributed by atoms with Gasteiger partial charge in [0.2, 0.25) is 5.82 Å². The average molecular weight is 254 g/mol. The summed E-state index contributed by atoms with van der Waals surface area (Å²) in [5, 5.41) is 24.0. The number of aliphatic carboxylic acids is 1. The average Bonchev–Trinajstić information content (AvgIpc) is 2.53. The van der Waals surface area contributed by atoms with Gasteiger partial charge in [0.1, 0.15) is 5.69 Å². The monoisotopic (exact) mass is 254 g/mol. The zero-order valence-corrected chi connectivity index (χ0v) is 10.2. The van der Waals surface area contributed by atoms with Crippen molar-refractivity contribution >= 4 is 17.5 Å². The molecule has 0 unspecified atom stereocenters. The summed E-state index contributed by atoms with van der Waals surface area (Å²) in [7, 11) is 1.63. The summed E-state index contributed by atoms with van der Waals surface area (Å²) in [5.41, 5.74) is 0.417. The highest BCUT2D eigenvalue weighted by Crippen LogP contribution is 2.35. The first-order valence-electron chi connectivity index (χ1n) is 5.63. The molecule has 0 aromatic carbocycles. The second-order valence-corrected chi connectivity index (χ2v) is 4.29. The minimum atomic E-state index is -0.869. The van der Waals surface area contributed by atoms with Crippen LogP contribution in [0.25, 0.3) is 0 Å². The molecule has 1 aromatic rings. The summed E-state index contributed by atoms with van der Waals surface area (Å²) < 4.78 is 1.45. The molecule has 1 saturated heterocycles. The highest BCUT2D eigenvalue weighted by molar-refractivity contribution is 5.75. The zero-order valence-electron chi connectivity index (χ0n) is 10.2. The minimum absolute atomic E-state index is 0.0103. The lowest BCUT2D eigenvalue weighted by molar-refractivity contribution is -0.384. The van der Waals surface area contributed by atoms with Crippen LogP contribution in [0.1, 0.15) is 12.6 Å². The van der Waals surface area contributed by atoms with Crippen molar-refractivity contribution in [3.05, 3.63) is 15.8 Å². The molecule has 98 valence electrons. The van der Waals surface area contributed by atoms with Gasteiger partial charge in [-0.05, 0) is 6.42 Å². The van der Waals surface area contributed by atoms with Crippen molar-refractivity contribution in [2.45, 2.75) is 13.3 Å². The van der Waals surface area contributed by atoms with E-state index in [0.29, 0.717) is 31.0 Å². The van der Waals surface area contributed by atoms with Crippen molar-refractivity contribution in [3.8, 4) is 0 Å². The molecule has 1 fully saturated rings. The number of rotatable bonds is 4. The maximum atomic E-state index is 11.1. The third-order valence-corrected chi connectivity index (χ3v) is 3.11. The van der Waals surface area contributed by atoms with Crippen LogP contribution in [0, 0.1) is 16.0 Å². The van der Waals surface area contributed by atoms with Crippen molar-refractivity contribution in [1.82, 2.24) is 9.78 Å². The van der Waals surface area contributed by atoms with Gasteiger partial charge in [0.15, 0.2) is 0 Å². The van der Waals surface area contributed by atoms with Gasteiger partial charge >= 0.3 is 11.7 Å². The van der Waals surface area contributed by atoms with Crippen molar-refractivity contribution < 1.29 is 14.8 Å². The number of carboxylic acid groups (broad SMARTS) is 1. The number of carbonyl (C=O) groups is 1. The van der Waals surface area contributed by atoms with Gasteiger partial charge in [0.25, 0.3) is 0 Å². The zero-order chi connectivity index (χ0) is 13.4. The molecule has 2 heterocycles. The molecule has 8 nitrogen and oxygen atoms in total. The summed E-state index contributed by atoms with van der Waals surface area (Å²) in [4.78, 5) is 23.1. The molecule has 0 atom stereocenters. The molecule has 1 aromatic heterocycles. The van der Waals surface area contributed by atoms with E-state index in [2.05, 4.69) is 5.10 Å². The maximum absolute atomic E-state index is 11.1. The Labute approximate surface area is 103 Å². The van der Waals surface area contributed by atoms with Crippen LogP contribution >= 0.6 is 0 Å². The molecule has 8 heteroatoms. The maximum Gasteiger partial charge on any atom is 0.334 e. The molecule has 0 spiro atoms. The number of nitrogens with zero attached hydrogens (tertiary/aromatic N) is 4. The van der Waals surface area contributed by atoms with Gasteiger partial charge in [-0.25, -0.2) is 4.68 Å². The smallest absolute Gasteiger partial charge is 0.334 e. The van der Waals surface area contributed by atoms with Gasteiger partial charge in [-0.15, -0.1) is 0 Å². The fourth-order valence-corrected chi connectivity index (χ4v) is 2.15. The van der Waals surface area contributed by atoms with Crippen molar-refractivity contribution in [1.29, 1.82) is 0 Å². The van der Waals surface area contributed by atoms with Crippen molar-refractivity contribution in [2.24, 2.45) is 13.0 Å². The number of aromatic nitrogens is 2. The van der Waals surface area contributed by atoms with E-state index in [4.69, 9.17) is 5.11 Å². The molecule has 2 rings (SSSR count). The highest BCUT2D eigenvalue weighted by atomic mass is 16.6. The summed E-state index contributed by atoms with van der Waals surface area (Å²) in [5.74, 6) is -0.925. The lowest BCUT2D eigenvalue weighted by atomic mass is 10.0. The molecule has 0 saturated carbocycles. The number of nitro groups is 1. The van der Waals surface area contributed by atoms with E-state index in [1.165, 1.54) is 4.68 Å². The first kappa shape index (κ1) is 12.3. The Kier molecular flexibility index (Phi) is 2.93. The van der Waals surface area contributed by atoms with E-state index in [-0.39, 0.29) is 5.69 Å². The van der Waals surface area contributed by atoms with Crippen LogP contribution in [-0.4, -0.2) is 38.9 Å². The normalized spacial score (nSPS) is 15.6. The minimum Gasteiger partial charge on any atom is -0.481 e. The van der Waals surface area contributed by atoms with Gasteiger partial charge in [-0.3, -0.25) is 14.9 Å². The number of anilines is 1. The lowest BCUT2D eigenvalue weighted by Gasteiger charge is -2.37. The Morgan fingerprint density at radius 3 is 2.67 bits per heavy atom. The van der Waals surface area contributed by atoms with Gasteiger partial charge in [0.05, 0.1) is 10.8 Å². The summed E-state index contributed by atoms with van der Waals surface area (Å²) in [6, 6.07) is 0. The van der Waals surface area contributed by atoms with Crippen molar-refractivity contribution in [3.63, 3.8) is 0 Å². The van der Waals surface area contributed by atoms with Crippen molar-refractivity contribution in [2.75, 3.05) is 18.0 Å². The molecule has 0 radical (unpaired) electrons. The third kappa shape index (κ3) is 1.79. The van der Waals surface area contributed by atoms with E-state index in [1.54, 1.807) is 18.9 Å². The largest absolute Gasteiger partial charge is 0.481 e. The predicted molar refractivity (Wildman–Crippen MR) is 62.6 cm³/mol. The molecule has 18 heavy (non-hydrogen) atoms. The van der Waals surface area contributed by atoms with Crippen LogP contribution < -0.4 is 4.90 Å². The first-order valence-corrected chi connectivity index (χ1v) is 5.63. The predicted octanol–water partition coefficient (Wildman–Crippen LogP) is 0.412. The molecule has 0 aliphatic carbocycles. The molecular formula is C10H14N4O4. The highest BCUT2D eigenvalue weighted by Gasteiger charge is 2.39. The van der Waals surface area contributed by atoms with Crippen LogP contribution in [0.4, 0.5) is 11.5 Å². The Morgan fingerprint density at radius 2 is 2.22 bits per heavy atom. The Hall–Kier alpha value is -2.12. The molecule has 0 bridgehead atoms. The molecule has 0 amide bonds. The van der Waals surface area contributed by atoms with Crippen LogP contribution in [0.2, 0.25) is 0 Å². The molecule has 1 aliphatic heterocycles. The number of carboxylic acids is 1. The topological polar surface area (TPSA) is 102 Å². The SMILES string of the molecule is CCc1nn(C)c(N2CC(C(=O)O)C2)c1[N+](=O)[O-]. The fourth-order valence-electron chi connectivity index (χ4n) is 2.15. The second kappa shape index (κ2) is 4.28. The van der Waals surface area contributed by atoms with Gasteiger partial charge in [0, 0.05) is 20.1 Å². The van der Waals surface area contributed by atoms with Gasteiger partial charge in [-0.2, -0.15) is 5.10 Å². The second-order valence-electron chi connectivity index (χ2n) is 4.29. The van der Waals surface area contributed by atoms with E-state index < -0.39 is 16.8 Å². The summed E-state index contributed by atoms with van der Waals surface area (Å²) in [6.07, 6.45) is 0.473. The van der Waals surface area contributed by atoms with Crippen LogP contribution in [0.15, 0.2) is 0 Å². The summed E-state index contributed by atoms with van der Waals surface area (Å²) >= 11 is 0. The fraction of sp³-hybridized carbons (Fsp3) is 0.600. The standard InChI is InChI=1S/C10H14N4O4/c1-3-7-8(14(17)18)9(12(2)11-7)13-4-6(5-13)10(15)16/h6H,3-5H2,1-2H3,(H,15,16). The van der Waals surface area contributed by atoms with E-state index in [1.807, 2.05) is 0 Å². The van der Waals surface area contributed by atoms with E-state index in [0.717, 1.165) is 0 Å². The Balaban J connectivity index is 2.31. The molecule has 1 N–H and O–H groups in total. The summed E-state index contributed by atoms with van der Waals surface area (Å²) in [6.45, 7) is 2.38. The third-order valence-electron chi connectivity index (χ3n) is 3.11. The quantitative estimate of drug-likeness (QED) is 0.616. The molecular weight excluding hydrogens is 240 g/mol. The Morgan fingerprint density at radius 1 is 1.61 bits per heavy atom.